The van der Waals surface area contributed by atoms with E-state index in [1.54, 1.807) is 12.1 Å². The Morgan fingerprint density at radius 2 is 1.89 bits per heavy atom. The average Bonchev–Trinajstić information content (AvgIpc) is 2.39. The minimum Gasteiger partial charge on any atom is -0.281 e. The molecule has 4 nitrogen and oxygen atoms in total. The number of rotatable bonds is 7. The van der Waals surface area contributed by atoms with E-state index in [9.17, 15) is 13.2 Å². The number of sulfone groups is 1. The Kier molecular flexibility index (Phi) is 5.98. The molecule has 0 N–H and O–H groups in total. The van der Waals surface area contributed by atoms with Gasteiger partial charge in [0.25, 0.3) is 15.0 Å². The summed E-state index contributed by atoms with van der Waals surface area (Å²) >= 11 is 0. The third kappa shape index (κ3) is 4.22. The van der Waals surface area contributed by atoms with Gasteiger partial charge in [0, 0.05) is 12.6 Å². The van der Waals surface area contributed by atoms with Crippen molar-refractivity contribution in [1.29, 1.82) is 0 Å². The molecule has 0 aliphatic heterocycles. The van der Waals surface area contributed by atoms with Gasteiger partial charge in [-0.2, -0.15) is 0 Å². The van der Waals surface area contributed by atoms with Crippen LogP contribution in [0.5, 0.6) is 0 Å². The molecule has 0 radical (unpaired) electrons. The highest BCUT2D eigenvalue weighted by Gasteiger charge is 2.24. The predicted molar refractivity (Wildman–Crippen MR) is 69.8 cm³/mol. The smallest absolute Gasteiger partial charge is 0.257 e. The molecular formula is C13H19NO3S. The highest BCUT2D eigenvalue weighted by Crippen LogP contribution is 2.13. The third-order valence-corrected chi connectivity index (χ3v) is 4.29. The van der Waals surface area contributed by atoms with Crippen LogP contribution in [0, 0.1) is 0 Å². The van der Waals surface area contributed by atoms with Gasteiger partial charge in [-0.05, 0) is 18.6 Å². The van der Waals surface area contributed by atoms with Crippen LogP contribution in [0.15, 0.2) is 29.4 Å². The lowest BCUT2D eigenvalue weighted by molar-refractivity contribution is -0.111. The second-order valence-corrected chi connectivity index (χ2v) is 6.09. The van der Waals surface area contributed by atoms with E-state index in [-0.39, 0.29) is 11.4 Å². The quantitative estimate of drug-likeness (QED) is 0.714. The number of unbranched alkanes of at least 4 members (excludes halogenated alkanes) is 4. The maximum Gasteiger partial charge on any atom is 0.257 e. The topological polar surface area (TPSA) is 64.1 Å². The molecule has 0 atom stereocenters. The molecule has 0 aliphatic rings. The summed E-state index contributed by atoms with van der Waals surface area (Å²) in [6.45, 7) is 2.11. The minimum absolute atomic E-state index is 0.0859. The Bertz CT molecular complexity index is 468. The fourth-order valence-electron chi connectivity index (χ4n) is 1.63. The summed E-state index contributed by atoms with van der Waals surface area (Å²) < 4.78 is 23.7. The molecule has 100 valence electrons. The lowest BCUT2D eigenvalue weighted by Crippen LogP contribution is -2.15. The Morgan fingerprint density at radius 3 is 2.50 bits per heavy atom. The van der Waals surface area contributed by atoms with E-state index in [0.717, 1.165) is 25.7 Å². The molecular weight excluding hydrogens is 250 g/mol. The second kappa shape index (κ2) is 7.26. The number of aromatic nitrogens is 1. The zero-order valence-corrected chi connectivity index (χ0v) is 11.4. The van der Waals surface area contributed by atoms with Crippen LogP contribution in [0.4, 0.5) is 0 Å². The first kappa shape index (κ1) is 14.8. The van der Waals surface area contributed by atoms with Crippen LogP contribution < -0.4 is 0 Å². The van der Waals surface area contributed by atoms with E-state index in [4.69, 9.17) is 0 Å². The molecule has 0 saturated carbocycles. The van der Waals surface area contributed by atoms with E-state index < -0.39 is 15.0 Å². The largest absolute Gasteiger partial charge is 0.281 e. The van der Waals surface area contributed by atoms with Gasteiger partial charge in [0.05, 0.1) is 0 Å². The molecule has 18 heavy (non-hydrogen) atoms. The van der Waals surface area contributed by atoms with E-state index in [1.807, 2.05) is 0 Å². The van der Waals surface area contributed by atoms with Gasteiger partial charge in [-0.25, -0.2) is 13.4 Å². The van der Waals surface area contributed by atoms with Crippen molar-refractivity contribution in [2.75, 3.05) is 0 Å². The Hall–Kier alpha value is -1.23. The van der Waals surface area contributed by atoms with Crippen LogP contribution in [0.3, 0.4) is 0 Å². The van der Waals surface area contributed by atoms with Gasteiger partial charge in [-0.15, -0.1) is 0 Å². The van der Waals surface area contributed by atoms with Crippen LogP contribution in [0.2, 0.25) is 0 Å². The molecule has 0 unspecified atom stereocenters. The van der Waals surface area contributed by atoms with E-state index >= 15 is 0 Å². The van der Waals surface area contributed by atoms with E-state index in [0.29, 0.717) is 6.42 Å². The lowest BCUT2D eigenvalue weighted by atomic mass is 10.1. The van der Waals surface area contributed by atoms with Gasteiger partial charge in [0.2, 0.25) is 0 Å². The van der Waals surface area contributed by atoms with Crippen LogP contribution in [0.1, 0.15) is 45.4 Å². The molecule has 0 aliphatic carbocycles. The molecule has 1 aromatic rings. The van der Waals surface area contributed by atoms with Crippen molar-refractivity contribution in [2.45, 2.75) is 50.5 Å². The molecule has 5 heteroatoms. The summed E-state index contributed by atoms with van der Waals surface area (Å²) in [5, 5.41) is -0.874. The molecule has 0 spiro atoms. The third-order valence-electron chi connectivity index (χ3n) is 2.70. The molecule has 0 aromatic carbocycles. The molecule has 1 heterocycles. The van der Waals surface area contributed by atoms with Crippen molar-refractivity contribution >= 4 is 15.0 Å². The summed E-state index contributed by atoms with van der Waals surface area (Å²) in [7, 11) is -3.88. The summed E-state index contributed by atoms with van der Waals surface area (Å²) in [5.41, 5.74) is 0. The number of nitrogens with zero attached hydrogens (tertiary/aromatic N) is 1. The number of hydrogen-bond donors (Lipinski definition) is 0. The number of pyridine rings is 1. The number of carbonyl (C=O) groups excluding carboxylic acids is 1. The summed E-state index contributed by atoms with van der Waals surface area (Å²) in [6.07, 6.45) is 6.29. The number of hydrogen-bond acceptors (Lipinski definition) is 4. The minimum atomic E-state index is -3.88. The van der Waals surface area contributed by atoms with Crippen LogP contribution >= 0.6 is 0 Å². The Labute approximate surface area is 108 Å². The SMILES string of the molecule is CCCCCCCC(=O)S(=O)(=O)c1ccccn1. The normalized spacial score (nSPS) is 11.4. The van der Waals surface area contributed by atoms with Crippen molar-refractivity contribution < 1.29 is 13.2 Å². The predicted octanol–water partition coefficient (Wildman–Crippen LogP) is 2.74. The second-order valence-electron chi connectivity index (χ2n) is 4.21. The van der Waals surface area contributed by atoms with Crippen molar-refractivity contribution in [3.63, 3.8) is 0 Å². The van der Waals surface area contributed by atoms with Gasteiger partial charge in [0.1, 0.15) is 0 Å². The van der Waals surface area contributed by atoms with Gasteiger partial charge in [-0.1, -0.05) is 38.7 Å². The highest BCUT2D eigenvalue weighted by atomic mass is 32.2. The summed E-state index contributed by atoms with van der Waals surface area (Å²) in [6, 6.07) is 4.53. The first-order chi connectivity index (χ1) is 8.59. The van der Waals surface area contributed by atoms with Crippen LogP contribution in [-0.4, -0.2) is 18.5 Å². The molecule has 0 fully saturated rings. The summed E-state index contributed by atoms with van der Waals surface area (Å²) in [4.78, 5) is 15.4. The first-order valence-corrected chi connectivity index (χ1v) is 7.76. The molecule has 1 aromatic heterocycles. The van der Waals surface area contributed by atoms with Crippen molar-refractivity contribution in [3.05, 3.63) is 24.4 Å². The maximum atomic E-state index is 11.8. The fourth-order valence-corrected chi connectivity index (χ4v) is 2.73. The van der Waals surface area contributed by atoms with E-state index in [2.05, 4.69) is 11.9 Å². The van der Waals surface area contributed by atoms with E-state index in [1.165, 1.54) is 12.3 Å². The van der Waals surface area contributed by atoms with Gasteiger partial charge in [-0.3, -0.25) is 4.79 Å². The lowest BCUT2D eigenvalue weighted by Gasteiger charge is -2.02. The van der Waals surface area contributed by atoms with Gasteiger partial charge >= 0.3 is 0 Å². The molecule has 0 saturated heterocycles. The van der Waals surface area contributed by atoms with Crippen molar-refractivity contribution in [1.82, 2.24) is 4.98 Å². The van der Waals surface area contributed by atoms with Crippen LogP contribution in [0.25, 0.3) is 0 Å². The standard InChI is InChI=1S/C13H19NO3S/c1-2-3-4-5-6-10-13(15)18(16,17)12-9-7-8-11-14-12/h7-9,11H,2-6,10H2,1H3. The number of carbonyl (C=O) groups is 1. The average molecular weight is 269 g/mol. The monoisotopic (exact) mass is 269 g/mol. The summed E-state index contributed by atoms with van der Waals surface area (Å²) in [5.74, 6) is 0. The zero-order valence-electron chi connectivity index (χ0n) is 10.6. The molecule has 0 bridgehead atoms. The fraction of sp³-hybridized carbons (Fsp3) is 0.538. The van der Waals surface area contributed by atoms with Crippen LogP contribution in [-0.2, 0) is 14.6 Å². The highest BCUT2D eigenvalue weighted by molar-refractivity contribution is 8.06. The first-order valence-electron chi connectivity index (χ1n) is 6.28. The molecule has 1 rings (SSSR count). The van der Waals surface area contributed by atoms with Gasteiger partial charge < -0.3 is 0 Å². The van der Waals surface area contributed by atoms with Crippen molar-refractivity contribution in [3.8, 4) is 0 Å². The maximum absolute atomic E-state index is 11.8. The van der Waals surface area contributed by atoms with Crippen molar-refractivity contribution in [2.24, 2.45) is 0 Å². The Morgan fingerprint density at radius 1 is 1.17 bits per heavy atom. The molecule has 0 amide bonds. The Balaban J connectivity index is 2.51. The zero-order chi connectivity index (χ0) is 13.4. The van der Waals surface area contributed by atoms with Gasteiger partial charge in [0.15, 0.2) is 5.03 Å².